The first-order valence-electron chi connectivity index (χ1n) is 8.93. The number of nitrogens with zero attached hydrogens (tertiary/aromatic N) is 1. The van der Waals surface area contributed by atoms with E-state index in [0.717, 1.165) is 24.6 Å². The molecule has 1 aliphatic rings. The highest BCUT2D eigenvalue weighted by atomic mass is 19.1. The van der Waals surface area contributed by atoms with Crippen molar-refractivity contribution in [3.63, 3.8) is 0 Å². The Hall–Kier alpha value is -2.36. The SMILES string of the molecule is Cc1cc2c(cc1-c1c(O)ccc(/C=N/O)c1F)C(C)(C)CCC2(C)C. The van der Waals surface area contributed by atoms with Crippen molar-refractivity contribution in [2.45, 2.75) is 58.3 Å². The number of aryl methyl sites for hydroxylation is 1. The molecule has 2 N–H and O–H groups in total. The van der Waals surface area contributed by atoms with Gasteiger partial charge in [-0.15, -0.1) is 0 Å². The van der Waals surface area contributed by atoms with Crippen molar-refractivity contribution < 1.29 is 14.7 Å². The number of rotatable bonds is 2. The number of aromatic hydroxyl groups is 1. The summed E-state index contributed by atoms with van der Waals surface area (Å²) in [5.74, 6) is -0.702. The van der Waals surface area contributed by atoms with Gasteiger partial charge in [0, 0.05) is 5.56 Å². The highest BCUT2D eigenvalue weighted by Gasteiger charge is 2.37. The van der Waals surface area contributed by atoms with Gasteiger partial charge >= 0.3 is 0 Å². The minimum atomic E-state index is -0.585. The summed E-state index contributed by atoms with van der Waals surface area (Å²) in [5.41, 5.74) is 4.44. The smallest absolute Gasteiger partial charge is 0.143 e. The highest BCUT2D eigenvalue weighted by Crippen LogP contribution is 2.48. The molecule has 4 heteroatoms. The van der Waals surface area contributed by atoms with Gasteiger partial charge in [0.05, 0.1) is 11.8 Å². The van der Waals surface area contributed by atoms with E-state index in [0.29, 0.717) is 5.56 Å². The van der Waals surface area contributed by atoms with Crippen molar-refractivity contribution in [3.8, 4) is 16.9 Å². The van der Waals surface area contributed by atoms with Crippen molar-refractivity contribution in [1.29, 1.82) is 0 Å². The quantitative estimate of drug-likeness (QED) is 0.415. The fourth-order valence-corrected chi connectivity index (χ4v) is 3.99. The van der Waals surface area contributed by atoms with Gasteiger partial charge in [0.15, 0.2) is 0 Å². The lowest BCUT2D eigenvalue weighted by Crippen LogP contribution is -2.34. The molecule has 0 saturated carbocycles. The lowest BCUT2D eigenvalue weighted by molar-refractivity contribution is 0.321. The Morgan fingerprint density at radius 3 is 2.19 bits per heavy atom. The van der Waals surface area contributed by atoms with Crippen LogP contribution < -0.4 is 0 Å². The zero-order valence-corrected chi connectivity index (χ0v) is 16.0. The maximum absolute atomic E-state index is 15.0. The second-order valence-corrected chi connectivity index (χ2v) is 8.59. The van der Waals surface area contributed by atoms with Crippen molar-refractivity contribution >= 4 is 6.21 Å². The van der Waals surface area contributed by atoms with Crippen LogP contribution in [0.25, 0.3) is 11.1 Å². The number of oxime groups is 1. The third-order valence-corrected chi connectivity index (χ3v) is 5.81. The van der Waals surface area contributed by atoms with Gasteiger partial charge in [0.1, 0.15) is 11.6 Å². The lowest BCUT2D eigenvalue weighted by Gasteiger charge is -2.42. The van der Waals surface area contributed by atoms with Crippen LogP contribution in [0.3, 0.4) is 0 Å². The van der Waals surface area contributed by atoms with Crippen LogP contribution in [-0.2, 0) is 10.8 Å². The Kier molecular flexibility index (Phi) is 4.33. The summed E-state index contributed by atoms with van der Waals surface area (Å²) in [5, 5.41) is 22.0. The monoisotopic (exact) mass is 355 g/mol. The molecule has 3 nitrogen and oxygen atoms in total. The predicted octanol–water partition coefficient (Wildman–Crippen LogP) is 5.66. The fraction of sp³-hybridized carbons (Fsp3) is 0.409. The molecule has 0 spiro atoms. The van der Waals surface area contributed by atoms with Crippen LogP contribution in [-0.4, -0.2) is 16.5 Å². The first-order valence-corrected chi connectivity index (χ1v) is 8.93. The first kappa shape index (κ1) is 18.4. The van der Waals surface area contributed by atoms with E-state index in [9.17, 15) is 5.11 Å². The largest absolute Gasteiger partial charge is 0.507 e. The number of halogens is 1. The van der Waals surface area contributed by atoms with Crippen molar-refractivity contribution in [2.24, 2.45) is 5.16 Å². The topological polar surface area (TPSA) is 52.8 Å². The van der Waals surface area contributed by atoms with Crippen LogP contribution in [0.15, 0.2) is 29.4 Å². The number of hydrogen-bond donors (Lipinski definition) is 2. The molecule has 0 aromatic heterocycles. The number of hydrogen-bond acceptors (Lipinski definition) is 3. The molecule has 0 aliphatic heterocycles. The van der Waals surface area contributed by atoms with Gasteiger partial charge in [-0.2, -0.15) is 0 Å². The Morgan fingerprint density at radius 2 is 1.62 bits per heavy atom. The summed E-state index contributed by atoms with van der Waals surface area (Å²) < 4.78 is 15.0. The molecule has 2 aromatic carbocycles. The molecule has 1 aliphatic carbocycles. The van der Waals surface area contributed by atoms with E-state index < -0.39 is 5.82 Å². The average Bonchev–Trinajstić information content (AvgIpc) is 2.56. The molecule has 26 heavy (non-hydrogen) atoms. The second-order valence-electron chi connectivity index (χ2n) is 8.59. The molecule has 0 unspecified atom stereocenters. The predicted molar refractivity (Wildman–Crippen MR) is 103 cm³/mol. The van der Waals surface area contributed by atoms with Crippen molar-refractivity contribution in [3.05, 3.63) is 52.3 Å². The van der Waals surface area contributed by atoms with Crippen LogP contribution in [0, 0.1) is 12.7 Å². The van der Waals surface area contributed by atoms with Crippen LogP contribution in [0.2, 0.25) is 0 Å². The van der Waals surface area contributed by atoms with Crippen molar-refractivity contribution in [2.75, 3.05) is 0 Å². The minimum absolute atomic E-state index is 0.0104. The van der Waals surface area contributed by atoms with E-state index in [1.807, 2.05) is 13.0 Å². The standard InChI is InChI=1S/C22H26FNO2/c1-13-10-16-17(22(4,5)9-8-21(16,2)3)11-15(13)19-18(25)7-6-14(12-24-26)20(19)23/h6-7,10-12,25-26H,8-9H2,1-5H3/b24-12+. The summed E-state index contributed by atoms with van der Waals surface area (Å²) in [6.07, 6.45) is 3.20. The van der Waals surface area contributed by atoms with Gasteiger partial charge in [-0.25, -0.2) is 4.39 Å². The summed E-state index contributed by atoms with van der Waals surface area (Å²) in [4.78, 5) is 0. The minimum Gasteiger partial charge on any atom is -0.507 e. The molecular formula is C22H26FNO2. The Morgan fingerprint density at radius 1 is 1.04 bits per heavy atom. The maximum Gasteiger partial charge on any atom is 0.143 e. The zero-order valence-electron chi connectivity index (χ0n) is 16.0. The van der Waals surface area contributed by atoms with Gasteiger partial charge in [0.25, 0.3) is 0 Å². The van der Waals surface area contributed by atoms with E-state index in [2.05, 4.69) is 38.9 Å². The molecule has 0 saturated heterocycles. The molecule has 2 aromatic rings. The first-order chi connectivity index (χ1) is 12.1. The number of phenols is 1. The maximum atomic E-state index is 15.0. The molecule has 0 atom stereocenters. The van der Waals surface area contributed by atoms with Crippen molar-refractivity contribution in [1.82, 2.24) is 0 Å². The number of phenolic OH excluding ortho intramolecular Hbond substituents is 1. The van der Waals surface area contributed by atoms with Crippen LogP contribution in [0.4, 0.5) is 4.39 Å². The Labute approximate surface area is 154 Å². The number of fused-ring (bicyclic) bond motifs is 1. The summed E-state index contributed by atoms with van der Waals surface area (Å²) in [6, 6.07) is 7.00. The normalized spacial score (nSPS) is 18.1. The lowest BCUT2D eigenvalue weighted by atomic mass is 9.62. The van der Waals surface area contributed by atoms with Gasteiger partial charge in [-0.3, -0.25) is 0 Å². The summed E-state index contributed by atoms with van der Waals surface area (Å²) >= 11 is 0. The third kappa shape index (κ3) is 2.87. The van der Waals surface area contributed by atoms with E-state index in [1.165, 1.54) is 23.3 Å². The fourth-order valence-electron chi connectivity index (χ4n) is 3.99. The Bertz CT molecular complexity index is 898. The molecular weight excluding hydrogens is 329 g/mol. The van der Waals surface area contributed by atoms with E-state index >= 15 is 4.39 Å². The van der Waals surface area contributed by atoms with E-state index in [-0.39, 0.29) is 27.7 Å². The number of benzene rings is 2. The second kappa shape index (κ2) is 6.11. The molecule has 0 radical (unpaired) electrons. The summed E-state index contributed by atoms with van der Waals surface area (Å²) in [7, 11) is 0. The molecule has 0 amide bonds. The van der Waals surface area contributed by atoms with Crippen LogP contribution in [0.5, 0.6) is 5.75 Å². The van der Waals surface area contributed by atoms with E-state index in [1.54, 1.807) is 0 Å². The third-order valence-electron chi connectivity index (χ3n) is 5.81. The van der Waals surface area contributed by atoms with Gasteiger partial charge in [0.2, 0.25) is 0 Å². The molecule has 0 bridgehead atoms. The van der Waals surface area contributed by atoms with Gasteiger partial charge < -0.3 is 10.3 Å². The zero-order chi connectivity index (χ0) is 19.3. The van der Waals surface area contributed by atoms with Crippen LogP contribution >= 0.6 is 0 Å². The molecule has 138 valence electrons. The van der Waals surface area contributed by atoms with Crippen LogP contribution in [0.1, 0.15) is 62.8 Å². The molecule has 3 rings (SSSR count). The van der Waals surface area contributed by atoms with Gasteiger partial charge in [-0.1, -0.05) is 38.9 Å². The Balaban J connectivity index is 2.31. The summed E-state index contributed by atoms with van der Waals surface area (Å²) in [6.45, 7) is 10.9. The van der Waals surface area contributed by atoms with Gasteiger partial charge in [-0.05, 0) is 71.0 Å². The highest BCUT2D eigenvalue weighted by molar-refractivity contribution is 5.86. The van der Waals surface area contributed by atoms with E-state index in [4.69, 9.17) is 5.21 Å². The molecule has 0 fully saturated rings. The molecule has 0 heterocycles. The average molecular weight is 355 g/mol.